The molecule has 1 aromatic carbocycles. The Morgan fingerprint density at radius 1 is 1.15 bits per heavy atom. The molecule has 0 unspecified atom stereocenters. The Kier molecular flexibility index (Phi) is 7.13. The number of hydrogen-bond donors (Lipinski definition) is 0. The number of methoxy groups -OCH3 is 1. The number of nitrogens with zero attached hydrogens (tertiary/aromatic N) is 1. The fourth-order valence-electron chi connectivity index (χ4n) is 2.32. The Balaban J connectivity index is 3.05. The van der Waals surface area contributed by atoms with Crippen molar-refractivity contribution in [1.82, 2.24) is 0 Å². The van der Waals surface area contributed by atoms with E-state index >= 15 is 0 Å². The van der Waals surface area contributed by atoms with Crippen LogP contribution in [0, 0.1) is 6.92 Å². The van der Waals surface area contributed by atoms with Crippen molar-refractivity contribution in [3.05, 3.63) is 23.3 Å². The first kappa shape index (κ1) is 16.5. The van der Waals surface area contributed by atoms with E-state index in [0.29, 0.717) is 11.3 Å². The van der Waals surface area contributed by atoms with E-state index in [0.717, 1.165) is 30.6 Å². The molecule has 20 heavy (non-hydrogen) atoms. The Bertz CT molecular complexity index is 421. The monoisotopic (exact) mass is 277 g/mol. The standard InChI is InChI=1S/C17H27NO2/c1-5-7-9-18(10-8-6-2)15-11-14(3)16(13-19)17(12-15)20-4/h11-13H,5-10H2,1-4H3. The molecule has 1 aromatic rings. The second-order valence-electron chi connectivity index (χ2n) is 5.19. The third kappa shape index (κ3) is 4.26. The number of hydrogen-bond acceptors (Lipinski definition) is 3. The van der Waals surface area contributed by atoms with Crippen LogP contribution in [0.1, 0.15) is 55.5 Å². The van der Waals surface area contributed by atoms with Gasteiger partial charge in [0.05, 0.1) is 12.7 Å². The van der Waals surface area contributed by atoms with Crippen LogP contribution in [0.3, 0.4) is 0 Å². The van der Waals surface area contributed by atoms with Gasteiger partial charge in [0.15, 0.2) is 6.29 Å². The minimum atomic E-state index is 0.655. The summed E-state index contributed by atoms with van der Waals surface area (Å²) in [6.07, 6.45) is 5.61. The van der Waals surface area contributed by atoms with Crippen LogP contribution in [0.5, 0.6) is 5.75 Å². The van der Waals surface area contributed by atoms with E-state index in [1.807, 2.05) is 13.0 Å². The molecule has 0 bridgehead atoms. The maximum atomic E-state index is 11.1. The molecule has 0 N–H and O–H groups in total. The molecule has 0 heterocycles. The van der Waals surface area contributed by atoms with E-state index in [1.165, 1.54) is 25.7 Å². The minimum absolute atomic E-state index is 0.655. The van der Waals surface area contributed by atoms with Crippen molar-refractivity contribution < 1.29 is 9.53 Å². The molecule has 0 aliphatic heterocycles. The molecule has 0 saturated heterocycles. The second-order valence-corrected chi connectivity index (χ2v) is 5.19. The molecule has 1 rings (SSSR count). The summed E-state index contributed by atoms with van der Waals surface area (Å²) in [5.74, 6) is 0.674. The van der Waals surface area contributed by atoms with Crippen LogP contribution in [0.15, 0.2) is 12.1 Å². The van der Waals surface area contributed by atoms with Gasteiger partial charge in [0, 0.05) is 24.8 Å². The number of carbonyl (C=O) groups excluding carboxylic acids is 1. The minimum Gasteiger partial charge on any atom is -0.496 e. The highest BCUT2D eigenvalue weighted by Crippen LogP contribution is 2.28. The first-order chi connectivity index (χ1) is 9.67. The Labute approximate surface area is 122 Å². The lowest BCUT2D eigenvalue weighted by atomic mass is 10.1. The fourth-order valence-corrected chi connectivity index (χ4v) is 2.32. The summed E-state index contributed by atoms with van der Waals surface area (Å²) in [7, 11) is 1.62. The number of rotatable bonds is 9. The fraction of sp³-hybridized carbons (Fsp3) is 0.588. The Hall–Kier alpha value is -1.51. The van der Waals surface area contributed by atoms with Crippen molar-refractivity contribution >= 4 is 12.0 Å². The average Bonchev–Trinajstić information content (AvgIpc) is 2.46. The first-order valence-electron chi connectivity index (χ1n) is 7.56. The van der Waals surface area contributed by atoms with Gasteiger partial charge in [-0.3, -0.25) is 4.79 Å². The summed E-state index contributed by atoms with van der Waals surface area (Å²) >= 11 is 0. The first-order valence-corrected chi connectivity index (χ1v) is 7.56. The third-order valence-electron chi connectivity index (χ3n) is 3.60. The van der Waals surface area contributed by atoms with Crippen molar-refractivity contribution in [3.63, 3.8) is 0 Å². The highest BCUT2D eigenvalue weighted by molar-refractivity contribution is 5.83. The van der Waals surface area contributed by atoms with Gasteiger partial charge >= 0.3 is 0 Å². The van der Waals surface area contributed by atoms with Gasteiger partial charge in [-0.05, 0) is 31.4 Å². The van der Waals surface area contributed by atoms with E-state index in [9.17, 15) is 4.79 Å². The zero-order valence-electron chi connectivity index (χ0n) is 13.2. The number of benzene rings is 1. The van der Waals surface area contributed by atoms with E-state index in [1.54, 1.807) is 7.11 Å². The molecule has 112 valence electrons. The number of aryl methyl sites for hydroxylation is 1. The van der Waals surface area contributed by atoms with Crippen molar-refractivity contribution in [2.45, 2.75) is 46.5 Å². The van der Waals surface area contributed by atoms with Gasteiger partial charge in [-0.2, -0.15) is 0 Å². The largest absolute Gasteiger partial charge is 0.496 e. The maximum absolute atomic E-state index is 11.1. The topological polar surface area (TPSA) is 29.5 Å². The Morgan fingerprint density at radius 2 is 1.75 bits per heavy atom. The highest BCUT2D eigenvalue weighted by atomic mass is 16.5. The van der Waals surface area contributed by atoms with E-state index in [2.05, 4.69) is 24.8 Å². The van der Waals surface area contributed by atoms with Gasteiger partial charge < -0.3 is 9.64 Å². The van der Waals surface area contributed by atoms with Crippen LogP contribution in [0.25, 0.3) is 0 Å². The molecule has 3 nitrogen and oxygen atoms in total. The summed E-state index contributed by atoms with van der Waals surface area (Å²) in [6.45, 7) is 8.49. The number of unbranched alkanes of at least 4 members (excludes halogenated alkanes) is 2. The molecule has 0 radical (unpaired) electrons. The van der Waals surface area contributed by atoms with Crippen LogP contribution in [0.4, 0.5) is 5.69 Å². The zero-order valence-corrected chi connectivity index (χ0v) is 13.2. The Morgan fingerprint density at radius 3 is 2.20 bits per heavy atom. The second kappa shape index (κ2) is 8.62. The lowest BCUT2D eigenvalue weighted by Gasteiger charge is -2.26. The number of ether oxygens (including phenoxy) is 1. The quantitative estimate of drug-likeness (QED) is 0.633. The van der Waals surface area contributed by atoms with Crippen molar-refractivity contribution in [2.24, 2.45) is 0 Å². The summed E-state index contributed by atoms with van der Waals surface area (Å²) in [5, 5.41) is 0. The van der Waals surface area contributed by atoms with Crippen LogP contribution < -0.4 is 9.64 Å². The molecule has 0 atom stereocenters. The number of aldehydes is 1. The number of carbonyl (C=O) groups is 1. The predicted octanol–water partition coefficient (Wildman–Crippen LogP) is 4.22. The molecule has 3 heteroatoms. The summed E-state index contributed by atoms with van der Waals surface area (Å²) in [6, 6.07) is 4.08. The van der Waals surface area contributed by atoms with Gasteiger partial charge in [0.2, 0.25) is 0 Å². The van der Waals surface area contributed by atoms with E-state index in [-0.39, 0.29) is 0 Å². The van der Waals surface area contributed by atoms with E-state index < -0.39 is 0 Å². The molecular weight excluding hydrogens is 250 g/mol. The molecule has 0 amide bonds. The van der Waals surface area contributed by atoms with Gasteiger partial charge in [-0.1, -0.05) is 26.7 Å². The molecule has 0 aromatic heterocycles. The maximum Gasteiger partial charge on any atom is 0.154 e. The lowest BCUT2D eigenvalue weighted by molar-refractivity contribution is 0.112. The highest BCUT2D eigenvalue weighted by Gasteiger charge is 2.12. The van der Waals surface area contributed by atoms with E-state index in [4.69, 9.17) is 4.74 Å². The molecule has 0 saturated carbocycles. The summed E-state index contributed by atoms with van der Waals surface area (Å²) in [5.41, 5.74) is 2.79. The van der Waals surface area contributed by atoms with Crippen LogP contribution in [-0.4, -0.2) is 26.5 Å². The van der Waals surface area contributed by atoms with Crippen molar-refractivity contribution in [3.8, 4) is 5.75 Å². The molecular formula is C17H27NO2. The van der Waals surface area contributed by atoms with Gasteiger partial charge in [-0.15, -0.1) is 0 Å². The zero-order chi connectivity index (χ0) is 15.0. The van der Waals surface area contributed by atoms with Crippen molar-refractivity contribution in [2.75, 3.05) is 25.1 Å². The third-order valence-corrected chi connectivity index (χ3v) is 3.60. The normalized spacial score (nSPS) is 10.4. The van der Waals surface area contributed by atoms with Gasteiger partial charge in [0.25, 0.3) is 0 Å². The van der Waals surface area contributed by atoms with Gasteiger partial charge in [-0.25, -0.2) is 0 Å². The molecule has 0 aliphatic rings. The molecule has 0 aliphatic carbocycles. The summed E-state index contributed by atoms with van der Waals surface area (Å²) < 4.78 is 5.36. The van der Waals surface area contributed by atoms with Crippen LogP contribution in [0.2, 0.25) is 0 Å². The average molecular weight is 277 g/mol. The van der Waals surface area contributed by atoms with Gasteiger partial charge in [0.1, 0.15) is 5.75 Å². The molecule has 0 spiro atoms. The van der Waals surface area contributed by atoms with Crippen LogP contribution >= 0.6 is 0 Å². The SMILES string of the molecule is CCCCN(CCCC)c1cc(C)c(C=O)c(OC)c1. The van der Waals surface area contributed by atoms with Crippen LogP contribution in [-0.2, 0) is 0 Å². The lowest BCUT2D eigenvalue weighted by Crippen LogP contribution is -2.25. The molecule has 0 fully saturated rings. The van der Waals surface area contributed by atoms with Crippen molar-refractivity contribution in [1.29, 1.82) is 0 Å². The smallest absolute Gasteiger partial charge is 0.154 e. The predicted molar refractivity (Wildman–Crippen MR) is 85.1 cm³/mol. The summed E-state index contributed by atoms with van der Waals surface area (Å²) in [4.78, 5) is 13.5. The number of anilines is 1.